The summed E-state index contributed by atoms with van der Waals surface area (Å²) < 4.78 is 26.2. The van der Waals surface area contributed by atoms with Gasteiger partial charge in [-0.25, -0.2) is 13.1 Å². The third kappa shape index (κ3) is 5.12. The summed E-state index contributed by atoms with van der Waals surface area (Å²) in [7, 11) is -3.26. The summed E-state index contributed by atoms with van der Waals surface area (Å²) in [5.74, 6) is 0.0496. The molecule has 0 atom stereocenters. The van der Waals surface area contributed by atoms with Crippen LogP contribution in [0, 0.1) is 0 Å². The number of sulfonamides is 1. The average molecular weight is 294 g/mol. The van der Waals surface area contributed by atoms with E-state index < -0.39 is 10.0 Å². The van der Waals surface area contributed by atoms with Crippen molar-refractivity contribution in [2.75, 3.05) is 12.3 Å². The second-order valence-corrected chi connectivity index (χ2v) is 6.31. The standard InChI is InChI=1S/C13H18N4O2S/c18-20(19,16-10-12-4-2-1-3-5-12)9-8-14-11-13-6-7-15-17-13/h1-7,14,16H,8-11H2,(H,15,17). The highest BCUT2D eigenvalue weighted by atomic mass is 32.2. The van der Waals surface area contributed by atoms with Crippen molar-refractivity contribution < 1.29 is 8.42 Å². The van der Waals surface area contributed by atoms with Crippen molar-refractivity contribution in [2.24, 2.45) is 0 Å². The van der Waals surface area contributed by atoms with Gasteiger partial charge in [0.15, 0.2) is 0 Å². The lowest BCUT2D eigenvalue weighted by Gasteiger charge is -2.07. The van der Waals surface area contributed by atoms with Gasteiger partial charge in [-0.15, -0.1) is 0 Å². The molecule has 2 aromatic rings. The first-order valence-electron chi connectivity index (χ1n) is 6.36. The number of H-pyrrole nitrogens is 1. The van der Waals surface area contributed by atoms with Crippen LogP contribution in [0.25, 0.3) is 0 Å². The summed E-state index contributed by atoms with van der Waals surface area (Å²) in [5, 5.41) is 9.67. The van der Waals surface area contributed by atoms with Gasteiger partial charge in [0.2, 0.25) is 10.0 Å². The molecule has 0 amide bonds. The van der Waals surface area contributed by atoms with Crippen LogP contribution in [0.15, 0.2) is 42.6 Å². The van der Waals surface area contributed by atoms with E-state index in [0.29, 0.717) is 19.6 Å². The molecule has 108 valence electrons. The predicted molar refractivity (Wildman–Crippen MR) is 77.4 cm³/mol. The zero-order chi connectivity index (χ0) is 14.3. The van der Waals surface area contributed by atoms with Gasteiger partial charge < -0.3 is 5.32 Å². The minimum Gasteiger partial charge on any atom is -0.310 e. The molecule has 3 N–H and O–H groups in total. The quantitative estimate of drug-likeness (QED) is 0.623. The molecule has 0 bridgehead atoms. The second kappa shape index (κ2) is 7.18. The molecular weight excluding hydrogens is 276 g/mol. The van der Waals surface area contributed by atoms with Crippen molar-refractivity contribution in [2.45, 2.75) is 13.1 Å². The van der Waals surface area contributed by atoms with Crippen LogP contribution in [0.4, 0.5) is 0 Å². The molecule has 6 nitrogen and oxygen atoms in total. The molecule has 7 heteroatoms. The lowest BCUT2D eigenvalue weighted by molar-refractivity contribution is 0.575. The van der Waals surface area contributed by atoms with Gasteiger partial charge in [-0.05, 0) is 11.6 Å². The Hall–Kier alpha value is -1.70. The Morgan fingerprint density at radius 1 is 1.10 bits per heavy atom. The summed E-state index contributed by atoms with van der Waals surface area (Å²) in [6.07, 6.45) is 1.66. The number of aromatic nitrogens is 2. The van der Waals surface area contributed by atoms with Crippen molar-refractivity contribution in [1.82, 2.24) is 20.2 Å². The van der Waals surface area contributed by atoms with Crippen LogP contribution in [-0.2, 0) is 23.1 Å². The van der Waals surface area contributed by atoms with Crippen LogP contribution >= 0.6 is 0 Å². The Labute approximate surface area is 118 Å². The van der Waals surface area contributed by atoms with E-state index in [2.05, 4.69) is 20.2 Å². The van der Waals surface area contributed by atoms with E-state index in [1.165, 1.54) is 0 Å². The molecule has 1 aromatic heterocycles. The van der Waals surface area contributed by atoms with Crippen molar-refractivity contribution >= 4 is 10.0 Å². The molecule has 0 unspecified atom stereocenters. The van der Waals surface area contributed by atoms with Crippen LogP contribution in [-0.4, -0.2) is 30.9 Å². The van der Waals surface area contributed by atoms with E-state index in [9.17, 15) is 8.42 Å². The Bertz CT molecular complexity index is 597. The Morgan fingerprint density at radius 3 is 2.60 bits per heavy atom. The molecule has 1 aromatic carbocycles. The molecule has 0 aliphatic rings. The SMILES string of the molecule is O=S(=O)(CCNCc1ccn[nH]1)NCc1ccccc1. The third-order valence-electron chi connectivity index (χ3n) is 2.76. The summed E-state index contributed by atoms with van der Waals surface area (Å²) in [6.45, 7) is 1.29. The maximum absolute atomic E-state index is 11.8. The van der Waals surface area contributed by atoms with Crippen molar-refractivity contribution in [3.8, 4) is 0 Å². The summed E-state index contributed by atoms with van der Waals surface area (Å²) in [4.78, 5) is 0. The molecular formula is C13H18N4O2S. The highest BCUT2D eigenvalue weighted by Gasteiger charge is 2.09. The van der Waals surface area contributed by atoms with E-state index in [0.717, 1.165) is 11.3 Å². The summed E-state index contributed by atoms with van der Waals surface area (Å²) >= 11 is 0. The van der Waals surface area contributed by atoms with Crippen LogP contribution < -0.4 is 10.0 Å². The number of benzene rings is 1. The van der Waals surface area contributed by atoms with Gasteiger partial charge in [0.25, 0.3) is 0 Å². The fourth-order valence-electron chi connectivity index (χ4n) is 1.67. The molecule has 20 heavy (non-hydrogen) atoms. The molecule has 0 spiro atoms. The highest BCUT2D eigenvalue weighted by molar-refractivity contribution is 7.89. The molecule has 0 aliphatic carbocycles. The Balaban J connectivity index is 1.68. The molecule has 0 saturated carbocycles. The van der Waals surface area contributed by atoms with Crippen LogP contribution in [0.3, 0.4) is 0 Å². The maximum Gasteiger partial charge on any atom is 0.213 e. The number of hydrogen-bond acceptors (Lipinski definition) is 4. The van der Waals surface area contributed by atoms with Gasteiger partial charge >= 0.3 is 0 Å². The number of nitrogens with zero attached hydrogens (tertiary/aromatic N) is 1. The fourth-order valence-corrected chi connectivity index (χ4v) is 2.62. The van der Waals surface area contributed by atoms with Gasteiger partial charge in [-0.2, -0.15) is 5.10 Å². The van der Waals surface area contributed by atoms with Gasteiger partial charge in [0.05, 0.1) is 5.75 Å². The summed E-state index contributed by atoms with van der Waals surface area (Å²) in [6, 6.07) is 11.3. The summed E-state index contributed by atoms with van der Waals surface area (Å²) in [5.41, 5.74) is 1.88. The first-order valence-corrected chi connectivity index (χ1v) is 8.01. The largest absolute Gasteiger partial charge is 0.310 e. The lowest BCUT2D eigenvalue weighted by Crippen LogP contribution is -2.31. The first kappa shape index (κ1) is 14.7. The van der Waals surface area contributed by atoms with Gasteiger partial charge in [-0.1, -0.05) is 30.3 Å². The minimum atomic E-state index is -3.26. The van der Waals surface area contributed by atoms with Gasteiger partial charge in [0, 0.05) is 31.5 Å². The van der Waals surface area contributed by atoms with E-state index >= 15 is 0 Å². The predicted octanol–water partition coefficient (Wildman–Crippen LogP) is 0.619. The second-order valence-electron chi connectivity index (χ2n) is 4.38. The monoisotopic (exact) mass is 294 g/mol. The molecule has 0 fully saturated rings. The molecule has 1 heterocycles. The zero-order valence-corrected chi connectivity index (χ0v) is 11.9. The third-order valence-corrected chi connectivity index (χ3v) is 4.09. The number of rotatable bonds is 8. The van der Waals surface area contributed by atoms with Crippen molar-refractivity contribution in [3.63, 3.8) is 0 Å². The van der Waals surface area contributed by atoms with E-state index in [4.69, 9.17) is 0 Å². The van der Waals surface area contributed by atoms with Crippen LogP contribution in [0.1, 0.15) is 11.3 Å². The van der Waals surface area contributed by atoms with Crippen molar-refractivity contribution in [1.29, 1.82) is 0 Å². The number of hydrogen-bond donors (Lipinski definition) is 3. The smallest absolute Gasteiger partial charge is 0.213 e. The normalized spacial score (nSPS) is 11.6. The molecule has 0 aliphatic heterocycles. The number of aromatic amines is 1. The molecule has 0 radical (unpaired) electrons. The Morgan fingerprint density at radius 2 is 1.90 bits per heavy atom. The van der Waals surface area contributed by atoms with E-state index in [1.54, 1.807) is 6.20 Å². The lowest BCUT2D eigenvalue weighted by atomic mass is 10.2. The van der Waals surface area contributed by atoms with Crippen molar-refractivity contribution in [3.05, 3.63) is 53.9 Å². The fraction of sp³-hybridized carbons (Fsp3) is 0.308. The average Bonchev–Trinajstić information content (AvgIpc) is 2.96. The van der Waals surface area contributed by atoms with E-state index in [-0.39, 0.29) is 5.75 Å². The first-order chi connectivity index (χ1) is 9.66. The molecule has 0 saturated heterocycles. The topological polar surface area (TPSA) is 86.9 Å². The molecule has 2 rings (SSSR count). The van der Waals surface area contributed by atoms with Crippen LogP contribution in [0.5, 0.6) is 0 Å². The Kier molecular flexibility index (Phi) is 5.28. The zero-order valence-electron chi connectivity index (χ0n) is 11.0. The minimum absolute atomic E-state index is 0.0496. The highest BCUT2D eigenvalue weighted by Crippen LogP contribution is 1.98. The van der Waals surface area contributed by atoms with Crippen LogP contribution in [0.2, 0.25) is 0 Å². The maximum atomic E-state index is 11.8. The van der Waals surface area contributed by atoms with E-state index in [1.807, 2.05) is 36.4 Å². The number of nitrogens with one attached hydrogen (secondary N) is 3. The van der Waals surface area contributed by atoms with Gasteiger partial charge in [-0.3, -0.25) is 5.10 Å². The van der Waals surface area contributed by atoms with Gasteiger partial charge in [0.1, 0.15) is 0 Å².